The van der Waals surface area contributed by atoms with E-state index < -0.39 is 0 Å². The van der Waals surface area contributed by atoms with Gasteiger partial charge in [0.25, 0.3) is 5.91 Å². The Morgan fingerprint density at radius 3 is 2.27 bits per heavy atom. The van der Waals surface area contributed by atoms with Gasteiger partial charge in [-0.2, -0.15) is 0 Å². The minimum atomic E-state index is -0.254. The van der Waals surface area contributed by atoms with Crippen molar-refractivity contribution in [1.29, 1.82) is 0 Å². The second kappa shape index (κ2) is 7.35. The normalized spacial score (nSPS) is 10.5. The van der Waals surface area contributed by atoms with Crippen LogP contribution >= 0.6 is 0 Å². The second-order valence-electron chi connectivity index (χ2n) is 6.48. The van der Waals surface area contributed by atoms with Crippen LogP contribution in [-0.4, -0.2) is 15.9 Å². The Kier molecular flexibility index (Phi) is 4.98. The molecule has 5 heteroatoms. The number of hydrogen-bond acceptors (Lipinski definition) is 4. The van der Waals surface area contributed by atoms with E-state index in [2.05, 4.69) is 20.6 Å². The highest BCUT2D eigenvalue weighted by atomic mass is 16.1. The number of amides is 1. The summed E-state index contributed by atoms with van der Waals surface area (Å²) in [4.78, 5) is 21.4. The van der Waals surface area contributed by atoms with E-state index in [-0.39, 0.29) is 5.91 Å². The van der Waals surface area contributed by atoms with E-state index in [1.807, 2.05) is 70.2 Å². The molecule has 3 aromatic rings. The van der Waals surface area contributed by atoms with Crippen LogP contribution in [0.25, 0.3) is 0 Å². The molecule has 2 aromatic carbocycles. The van der Waals surface area contributed by atoms with Gasteiger partial charge < -0.3 is 10.6 Å². The van der Waals surface area contributed by atoms with Crippen LogP contribution < -0.4 is 10.6 Å². The van der Waals surface area contributed by atoms with Gasteiger partial charge in [-0.1, -0.05) is 29.8 Å². The van der Waals surface area contributed by atoms with Crippen LogP contribution in [0.4, 0.5) is 17.3 Å². The number of rotatable bonds is 4. The van der Waals surface area contributed by atoms with Crippen molar-refractivity contribution in [3.8, 4) is 0 Å². The third kappa shape index (κ3) is 4.25. The molecule has 5 nitrogen and oxygen atoms in total. The van der Waals surface area contributed by atoms with E-state index in [9.17, 15) is 4.79 Å². The lowest BCUT2D eigenvalue weighted by atomic mass is 10.1. The Labute approximate surface area is 153 Å². The van der Waals surface area contributed by atoms with E-state index in [0.717, 1.165) is 28.2 Å². The topological polar surface area (TPSA) is 66.9 Å². The number of anilines is 3. The zero-order valence-electron chi connectivity index (χ0n) is 15.4. The van der Waals surface area contributed by atoms with Gasteiger partial charge in [0.15, 0.2) is 0 Å². The number of nitrogens with one attached hydrogen (secondary N) is 2. The summed E-state index contributed by atoms with van der Waals surface area (Å²) in [6, 6.07) is 15.6. The maximum absolute atomic E-state index is 12.6. The predicted molar refractivity (Wildman–Crippen MR) is 105 cm³/mol. The van der Waals surface area contributed by atoms with Crippen LogP contribution in [0.3, 0.4) is 0 Å². The number of benzene rings is 2. The molecule has 0 atom stereocenters. The lowest BCUT2D eigenvalue weighted by Crippen LogP contribution is -2.16. The number of carbonyl (C=O) groups is 1. The average Bonchev–Trinajstić information content (AvgIpc) is 2.59. The molecule has 2 N–H and O–H groups in total. The maximum atomic E-state index is 12.6. The van der Waals surface area contributed by atoms with Crippen molar-refractivity contribution in [2.45, 2.75) is 27.7 Å². The first-order chi connectivity index (χ1) is 12.4. The number of aryl methyl sites for hydroxylation is 4. The molecule has 0 aliphatic rings. The molecule has 0 fully saturated rings. The smallest absolute Gasteiger partial charge is 0.274 e. The van der Waals surface area contributed by atoms with Gasteiger partial charge in [0.2, 0.25) is 5.95 Å². The van der Waals surface area contributed by atoms with Crippen LogP contribution in [0.5, 0.6) is 0 Å². The molecular formula is C21H22N4O. The molecule has 0 spiro atoms. The van der Waals surface area contributed by atoms with E-state index in [4.69, 9.17) is 0 Å². The minimum Gasteiger partial charge on any atom is -0.324 e. The summed E-state index contributed by atoms with van der Waals surface area (Å²) in [6.45, 7) is 7.83. The van der Waals surface area contributed by atoms with Crippen molar-refractivity contribution in [2.75, 3.05) is 10.6 Å². The van der Waals surface area contributed by atoms with Gasteiger partial charge in [0, 0.05) is 17.1 Å². The van der Waals surface area contributed by atoms with Crippen LogP contribution in [0.2, 0.25) is 0 Å². The van der Waals surface area contributed by atoms with Crippen LogP contribution in [0.1, 0.15) is 32.9 Å². The molecular weight excluding hydrogens is 324 g/mol. The fraction of sp³-hybridized carbons (Fsp3) is 0.190. The van der Waals surface area contributed by atoms with Crippen molar-refractivity contribution in [3.63, 3.8) is 0 Å². The van der Waals surface area contributed by atoms with Crippen LogP contribution in [0, 0.1) is 27.7 Å². The third-order valence-electron chi connectivity index (χ3n) is 4.04. The van der Waals surface area contributed by atoms with E-state index in [1.165, 1.54) is 5.56 Å². The zero-order valence-corrected chi connectivity index (χ0v) is 15.4. The number of hydrogen-bond donors (Lipinski definition) is 2. The fourth-order valence-electron chi connectivity index (χ4n) is 2.56. The van der Waals surface area contributed by atoms with Gasteiger partial charge >= 0.3 is 0 Å². The summed E-state index contributed by atoms with van der Waals surface area (Å²) < 4.78 is 0. The number of nitrogens with zero attached hydrogens (tertiary/aromatic N) is 2. The summed E-state index contributed by atoms with van der Waals surface area (Å²) in [5.74, 6) is 0.149. The lowest BCUT2D eigenvalue weighted by Gasteiger charge is -2.11. The van der Waals surface area contributed by atoms with E-state index in [1.54, 1.807) is 6.07 Å². The van der Waals surface area contributed by atoms with Gasteiger partial charge in [-0.3, -0.25) is 4.79 Å². The highest BCUT2D eigenvalue weighted by Gasteiger charge is 2.12. The molecule has 1 aromatic heterocycles. The number of carbonyl (C=O) groups excluding carboxylic acids is 1. The molecule has 1 heterocycles. The molecule has 0 radical (unpaired) electrons. The summed E-state index contributed by atoms with van der Waals surface area (Å²) in [5.41, 5.74) is 5.99. The Bertz CT molecular complexity index is 949. The highest BCUT2D eigenvalue weighted by Crippen LogP contribution is 2.18. The highest BCUT2D eigenvalue weighted by molar-refractivity contribution is 6.03. The monoisotopic (exact) mass is 346 g/mol. The standard InChI is InChI=1S/C21H22N4O/c1-13-6-9-17(10-7-13)23-21-22-16(4)12-19(25-21)20(26)24-18-11-14(2)5-8-15(18)3/h5-12H,1-4H3,(H,24,26)(H,22,23,25). The molecule has 0 aliphatic carbocycles. The average molecular weight is 346 g/mol. The van der Waals surface area contributed by atoms with Gasteiger partial charge in [-0.15, -0.1) is 0 Å². The fourth-order valence-corrected chi connectivity index (χ4v) is 2.56. The van der Waals surface area contributed by atoms with Crippen LogP contribution in [0.15, 0.2) is 48.5 Å². The lowest BCUT2D eigenvalue weighted by molar-refractivity contribution is 0.102. The first-order valence-electron chi connectivity index (χ1n) is 8.49. The molecule has 0 bridgehead atoms. The third-order valence-corrected chi connectivity index (χ3v) is 4.04. The molecule has 0 saturated carbocycles. The predicted octanol–water partition coefficient (Wildman–Crippen LogP) is 4.71. The largest absolute Gasteiger partial charge is 0.324 e. The van der Waals surface area contributed by atoms with Gasteiger partial charge in [0.05, 0.1) is 0 Å². The summed E-state index contributed by atoms with van der Waals surface area (Å²) in [7, 11) is 0. The minimum absolute atomic E-state index is 0.254. The maximum Gasteiger partial charge on any atom is 0.274 e. The molecule has 26 heavy (non-hydrogen) atoms. The Morgan fingerprint density at radius 1 is 0.846 bits per heavy atom. The number of aromatic nitrogens is 2. The molecule has 0 aliphatic heterocycles. The van der Waals surface area contributed by atoms with Crippen molar-refractivity contribution >= 4 is 23.2 Å². The van der Waals surface area contributed by atoms with Gasteiger partial charge in [-0.05, 0) is 63.1 Å². The zero-order chi connectivity index (χ0) is 18.7. The first kappa shape index (κ1) is 17.6. The SMILES string of the molecule is Cc1ccc(Nc2nc(C)cc(C(=O)Nc3cc(C)ccc3C)n2)cc1. The van der Waals surface area contributed by atoms with E-state index >= 15 is 0 Å². The quantitative estimate of drug-likeness (QED) is 0.718. The molecule has 0 unspecified atom stereocenters. The molecule has 132 valence electrons. The van der Waals surface area contributed by atoms with E-state index in [0.29, 0.717) is 11.6 Å². The Morgan fingerprint density at radius 2 is 1.54 bits per heavy atom. The summed E-state index contributed by atoms with van der Waals surface area (Å²) in [5, 5.41) is 6.09. The van der Waals surface area contributed by atoms with Gasteiger partial charge in [0.1, 0.15) is 5.69 Å². The van der Waals surface area contributed by atoms with Crippen LogP contribution in [-0.2, 0) is 0 Å². The second-order valence-corrected chi connectivity index (χ2v) is 6.48. The molecule has 0 saturated heterocycles. The molecule has 3 rings (SSSR count). The Balaban J connectivity index is 1.83. The van der Waals surface area contributed by atoms with Crippen molar-refractivity contribution in [2.24, 2.45) is 0 Å². The first-order valence-corrected chi connectivity index (χ1v) is 8.49. The molecule has 1 amide bonds. The van der Waals surface area contributed by atoms with Gasteiger partial charge in [-0.25, -0.2) is 9.97 Å². The Hall–Kier alpha value is -3.21. The summed E-state index contributed by atoms with van der Waals surface area (Å²) >= 11 is 0. The van der Waals surface area contributed by atoms with Crippen molar-refractivity contribution in [1.82, 2.24) is 9.97 Å². The van der Waals surface area contributed by atoms with Crippen molar-refractivity contribution < 1.29 is 4.79 Å². The summed E-state index contributed by atoms with van der Waals surface area (Å²) in [6.07, 6.45) is 0. The van der Waals surface area contributed by atoms with Crippen molar-refractivity contribution in [3.05, 3.63) is 76.6 Å².